The van der Waals surface area contributed by atoms with Gasteiger partial charge in [-0.15, -0.1) is 0 Å². The minimum atomic E-state index is 0.264. The SMILES string of the molecule is CCCCCOc1ccc2cc(-c3noc(C(C)CCCC)n3)ccc2c1.CC[C@@H](C)C(=N)N. The first-order valence-corrected chi connectivity index (χ1v) is 12.7. The van der Waals surface area contributed by atoms with Gasteiger partial charge in [0.05, 0.1) is 12.4 Å². The van der Waals surface area contributed by atoms with Gasteiger partial charge >= 0.3 is 0 Å². The zero-order valence-corrected chi connectivity index (χ0v) is 21.6. The highest BCUT2D eigenvalue weighted by atomic mass is 16.5. The molecular formula is C28H42N4O2. The lowest BCUT2D eigenvalue weighted by molar-refractivity contribution is 0.306. The summed E-state index contributed by atoms with van der Waals surface area (Å²) in [5.41, 5.74) is 6.11. The van der Waals surface area contributed by atoms with E-state index in [-0.39, 0.29) is 5.92 Å². The maximum absolute atomic E-state index is 6.88. The van der Waals surface area contributed by atoms with Crippen molar-refractivity contribution >= 4 is 16.6 Å². The van der Waals surface area contributed by atoms with Crippen molar-refractivity contribution in [2.45, 2.75) is 85.5 Å². The molecule has 0 amide bonds. The van der Waals surface area contributed by atoms with Gasteiger partial charge in [-0.3, -0.25) is 5.41 Å². The molecule has 2 aromatic carbocycles. The van der Waals surface area contributed by atoms with Crippen molar-refractivity contribution in [1.82, 2.24) is 10.1 Å². The summed E-state index contributed by atoms with van der Waals surface area (Å²) in [6, 6.07) is 12.5. The molecule has 0 fully saturated rings. The normalized spacial score (nSPS) is 12.6. The average molecular weight is 467 g/mol. The Labute approximate surface area is 204 Å². The number of benzene rings is 2. The third-order valence-electron chi connectivity index (χ3n) is 6.08. The Hall–Kier alpha value is -2.89. The first-order valence-electron chi connectivity index (χ1n) is 12.7. The van der Waals surface area contributed by atoms with E-state index in [2.05, 4.69) is 61.2 Å². The van der Waals surface area contributed by atoms with Crippen molar-refractivity contribution in [3.8, 4) is 17.1 Å². The van der Waals surface area contributed by atoms with Gasteiger partial charge in [-0.25, -0.2) is 0 Å². The van der Waals surface area contributed by atoms with Gasteiger partial charge in [0, 0.05) is 17.4 Å². The van der Waals surface area contributed by atoms with Crippen molar-refractivity contribution in [2.75, 3.05) is 6.61 Å². The van der Waals surface area contributed by atoms with Gasteiger partial charge in [0.15, 0.2) is 0 Å². The van der Waals surface area contributed by atoms with Crippen molar-refractivity contribution in [1.29, 1.82) is 5.41 Å². The predicted molar refractivity (Wildman–Crippen MR) is 142 cm³/mol. The van der Waals surface area contributed by atoms with Crippen LogP contribution >= 0.6 is 0 Å². The Balaban J connectivity index is 0.000000509. The molecule has 0 bridgehead atoms. The number of nitrogens with two attached hydrogens (primary N) is 1. The molecule has 0 saturated carbocycles. The van der Waals surface area contributed by atoms with Crippen LogP contribution in [0.3, 0.4) is 0 Å². The van der Waals surface area contributed by atoms with Gasteiger partial charge in [0.25, 0.3) is 0 Å². The third-order valence-corrected chi connectivity index (χ3v) is 6.08. The Kier molecular flexibility index (Phi) is 11.6. The van der Waals surface area contributed by atoms with E-state index in [1.165, 1.54) is 25.7 Å². The highest BCUT2D eigenvalue weighted by Crippen LogP contribution is 2.27. The molecule has 34 heavy (non-hydrogen) atoms. The summed E-state index contributed by atoms with van der Waals surface area (Å²) in [6.07, 6.45) is 7.92. The monoisotopic (exact) mass is 466 g/mol. The molecule has 6 heteroatoms. The number of fused-ring (bicyclic) bond motifs is 1. The van der Waals surface area contributed by atoms with Gasteiger partial charge in [0.2, 0.25) is 11.7 Å². The number of rotatable bonds is 12. The fourth-order valence-corrected chi connectivity index (χ4v) is 3.40. The van der Waals surface area contributed by atoms with Gasteiger partial charge in [-0.05, 0) is 48.2 Å². The fraction of sp³-hybridized carbons (Fsp3) is 0.536. The third kappa shape index (κ3) is 8.47. The lowest BCUT2D eigenvalue weighted by atomic mass is 10.0. The molecule has 0 saturated heterocycles. The molecule has 0 radical (unpaired) electrons. The summed E-state index contributed by atoms with van der Waals surface area (Å²) in [5, 5.41) is 13.4. The fourth-order valence-electron chi connectivity index (χ4n) is 3.40. The zero-order valence-electron chi connectivity index (χ0n) is 21.6. The van der Waals surface area contributed by atoms with Crippen molar-refractivity contribution < 1.29 is 9.26 Å². The lowest BCUT2D eigenvalue weighted by Crippen LogP contribution is -2.18. The van der Waals surface area contributed by atoms with Gasteiger partial charge in [0.1, 0.15) is 5.75 Å². The maximum Gasteiger partial charge on any atom is 0.229 e. The number of nitrogens with one attached hydrogen (secondary N) is 1. The summed E-state index contributed by atoms with van der Waals surface area (Å²) >= 11 is 0. The summed E-state index contributed by atoms with van der Waals surface area (Å²) < 4.78 is 11.3. The molecule has 0 aliphatic rings. The maximum atomic E-state index is 6.88. The first kappa shape index (κ1) is 27.4. The molecule has 1 aromatic heterocycles. The van der Waals surface area contributed by atoms with Crippen LogP contribution in [0.4, 0.5) is 0 Å². The molecule has 3 rings (SSSR count). The molecular weight excluding hydrogens is 424 g/mol. The Bertz CT molecular complexity index is 1010. The highest BCUT2D eigenvalue weighted by Gasteiger charge is 2.15. The number of ether oxygens (including phenoxy) is 1. The molecule has 6 nitrogen and oxygen atoms in total. The standard InChI is InChI=1S/C23H30N2O2.C5H12N2/c1-4-6-8-14-26-21-13-12-18-15-20(11-10-19(18)16-21)22-24-23(27-25-22)17(3)9-7-5-2;1-3-4(2)5(6)7/h10-13,15-17H,4-9,14H2,1-3H3;4H,3H2,1-2H3,(H3,6,7)/t;4-/m.1/s1. The number of nitrogens with zero attached hydrogens (tertiary/aromatic N) is 2. The minimum Gasteiger partial charge on any atom is -0.494 e. The minimum absolute atomic E-state index is 0.264. The highest BCUT2D eigenvalue weighted by molar-refractivity contribution is 5.87. The molecule has 0 aliphatic heterocycles. The summed E-state index contributed by atoms with van der Waals surface area (Å²) in [5.74, 6) is 3.18. The van der Waals surface area contributed by atoms with Crippen LogP contribution in [0.2, 0.25) is 0 Å². The van der Waals surface area contributed by atoms with Crippen molar-refractivity contribution in [2.24, 2.45) is 11.7 Å². The van der Waals surface area contributed by atoms with E-state index in [9.17, 15) is 0 Å². The molecule has 3 aromatic rings. The average Bonchev–Trinajstić information content (AvgIpc) is 3.35. The van der Waals surface area contributed by atoms with Gasteiger partial charge in [-0.2, -0.15) is 4.98 Å². The largest absolute Gasteiger partial charge is 0.494 e. The number of amidine groups is 1. The number of aromatic nitrogens is 2. The van der Waals surface area contributed by atoms with E-state index in [0.717, 1.165) is 53.8 Å². The van der Waals surface area contributed by atoms with Crippen molar-refractivity contribution in [3.63, 3.8) is 0 Å². The molecule has 2 atom stereocenters. The lowest BCUT2D eigenvalue weighted by Gasteiger charge is -2.07. The van der Waals surface area contributed by atoms with E-state index < -0.39 is 0 Å². The summed E-state index contributed by atoms with van der Waals surface area (Å²) in [6.45, 7) is 11.3. The van der Waals surface area contributed by atoms with Crippen LogP contribution in [-0.2, 0) is 0 Å². The first-order chi connectivity index (χ1) is 16.4. The molecule has 0 aliphatic carbocycles. The van der Waals surface area contributed by atoms with E-state index in [4.69, 9.17) is 20.4 Å². The second kappa shape index (κ2) is 14.4. The molecule has 186 valence electrons. The number of unbranched alkanes of at least 4 members (excludes halogenated alkanes) is 3. The van der Waals surface area contributed by atoms with E-state index in [0.29, 0.717) is 17.6 Å². The van der Waals surface area contributed by atoms with Crippen molar-refractivity contribution in [3.05, 3.63) is 42.3 Å². The number of hydrogen-bond acceptors (Lipinski definition) is 5. The number of hydrogen-bond donors (Lipinski definition) is 2. The van der Waals surface area contributed by atoms with Crippen LogP contribution in [0.15, 0.2) is 40.9 Å². The van der Waals surface area contributed by atoms with E-state index in [1.54, 1.807) is 0 Å². The van der Waals surface area contributed by atoms with E-state index >= 15 is 0 Å². The Morgan fingerprint density at radius 1 is 1.00 bits per heavy atom. The van der Waals surface area contributed by atoms with Gasteiger partial charge < -0.3 is 15.0 Å². The van der Waals surface area contributed by atoms with Crippen LogP contribution in [0.5, 0.6) is 5.75 Å². The van der Waals surface area contributed by atoms with Crippen LogP contribution in [0.25, 0.3) is 22.2 Å². The quantitative estimate of drug-likeness (QED) is 0.162. The van der Waals surface area contributed by atoms with Crippen LogP contribution < -0.4 is 10.5 Å². The molecule has 1 heterocycles. The van der Waals surface area contributed by atoms with Gasteiger partial charge in [-0.1, -0.05) is 83.7 Å². The summed E-state index contributed by atoms with van der Waals surface area (Å²) in [4.78, 5) is 4.61. The second-order valence-electron chi connectivity index (χ2n) is 9.04. The Morgan fingerprint density at radius 3 is 2.35 bits per heavy atom. The predicted octanol–water partition coefficient (Wildman–Crippen LogP) is 7.72. The molecule has 1 unspecified atom stereocenters. The van der Waals surface area contributed by atoms with Crippen LogP contribution in [0, 0.1) is 11.3 Å². The Morgan fingerprint density at radius 2 is 1.71 bits per heavy atom. The molecule has 0 spiro atoms. The molecule has 3 N–H and O–H groups in total. The van der Waals surface area contributed by atoms with E-state index in [1.807, 2.05) is 19.9 Å². The summed E-state index contributed by atoms with van der Waals surface area (Å²) in [7, 11) is 0. The smallest absolute Gasteiger partial charge is 0.229 e. The second-order valence-corrected chi connectivity index (χ2v) is 9.04. The van der Waals surface area contributed by atoms with Crippen LogP contribution in [0.1, 0.15) is 91.4 Å². The zero-order chi connectivity index (χ0) is 24.9. The topological polar surface area (TPSA) is 98.0 Å². The van der Waals surface area contributed by atoms with Crippen LogP contribution in [-0.4, -0.2) is 22.6 Å².